The van der Waals surface area contributed by atoms with Gasteiger partial charge >= 0.3 is 0 Å². The van der Waals surface area contributed by atoms with Crippen molar-refractivity contribution in [2.45, 2.75) is 33.6 Å². The minimum atomic E-state index is -0.470. The lowest BCUT2D eigenvalue weighted by atomic mass is 9.90. The highest BCUT2D eigenvalue weighted by molar-refractivity contribution is 5.96. The van der Waals surface area contributed by atoms with Gasteiger partial charge in [-0.25, -0.2) is 4.39 Å². The molecule has 1 aromatic rings. The number of amides is 1. The molecule has 0 aromatic heterocycles. The van der Waals surface area contributed by atoms with E-state index in [1.807, 2.05) is 0 Å². The van der Waals surface area contributed by atoms with Gasteiger partial charge in [0.25, 0.3) is 5.91 Å². The predicted octanol–water partition coefficient (Wildman–Crippen LogP) is 2.73. The summed E-state index contributed by atoms with van der Waals surface area (Å²) in [5, 5.41) is 11.6. The Hall–Kier alpha value is -1.86. The van der Waals surface area contributed by atoms with Crippen LogP contribution in [0.5, 0.6) is 0 Å². The Balaban J connectivity index is 2.92. The molecule has 21 heavy (non-hydrogen) atoms. The van der Waals surface area contributed by atoms with E-state index in [2.05, 4.69) is 37.9 Å². The van der Waals surface area contributed by atoms with Gasteiger partial charge in [0, 0.05) is 18.5 Å². The average molecular weight is 291 g/mol. The molecule has 0 spiro atoms. The number of nitrogens with one attached hydrogen (secondary N) is 1. The Morgan fingerprint density at radius 2 is 2.14 bits per heavy atom. The predicted molar refractivity (Wildman–Crippen MR) is 81.4 cm³/mol. The molecular formula is C17H22FNO2. The van der Waals surface area contributed by atoms with Crippen LogP contribution in [-0.2, 0) is 0 Å². The van der Waals surface area contributed by atoms with Crippen molar-refractivity contribution in [2.75, 3.05) is 13.2 Å². The number of benzene rings is 1. The van der Waals surface area contributed by atoms with Crippen LogP contribution in [-0.4, -0.2) is 24.2 Å². The summed E-state index contributed by atoms with van der Waals surface area (Å²) in [5.74, 6) is 4.74. The van der Waals surface area contributed by atoms with Crippen molar-refractivity contribution in [3.05, 3.63) is 35.1 Å². The van der Waals surface area contributed by atoms with Gasteiger partial charge in [-0.2, -0.15) is 0 Å². The lowest BCUT2D eigenvalue weighted by Crippen LogP contribution is -2.34. The first-order valence-electron chi connectivity index (χ1n) is 7.07. The van der Waals surface area contributed by atoms with Crippen LogP contribution in [0.3, 0.4) is 0 Å². The maximum absolute atomic E-state index is 13.4. The van der Waals surface area contributed by atoms with E-state index in [0.717, 1.165) is 6.42 Å². The minimum Gasteiger partial charge on any atom is -0.395 e. The van der Waals surface area contributed by atoms with Crippen molar-refractivity contribution in [3.8, 4) is 11.8 Å². The summed E-state index contributed by atoms with van der Waals surface area (Å²) in [6, 6.07) is 3.95. The highest BCUT2D eigenvalue weighted by Gasteiger charge is 2.18. The molecule has 0 aliphatic heterocycles. The van der Waals surface area contributed by atoms with Gasteiger partial charge in [-0.15, -0.1) is 0 Å². The Morgan fingerprint density at radius 1 is 1.43 bits per heavy atom. The zero-order valence-electron chi connectivity index (χ0n) is 12.8. The van der Waals surface area contributed by atoms with Gasteiger partial charge in [0.2, 0.25) is 0 Å². The number of carbonyl (C=O) groups is 1. The van der Waals surface area contributed by atoms with Crippen LogP contribution in [0.2, 0.25) is 0 Å². The maximum Gasteiger partial charge on any atom is 0.252 e. The van der Waals surface area contributed by atoms with Gasteiger partial charge < -0.3 is 10.4 Å². The first-order valence-corrected chi connectivity index (χ1v) is 7.07. The molecule has 4 heteroatoms. The lowest BCUT2D eigenvalue weighted by molar-refractivity contribution is 0.0935. The highest BCUT2D eigenvalue weighted by Crippen LogP contribution is 2.18. The molecule has 1 amide bonds. The van der Waals surface area contributed by atoms with Crippen molar-refractivity contribution in [1.82, 2.24) is 5.32 Å². The Morgan fingerprint density at radius 3 is 2.76 bits per heavy atom. The Bertz CT molecular complexity index is 556. The molecule has 0 bridgehead atoms. The van der Waals surface area contributed by atoms with Crippen molar-refractivity contribution in [2.24, 2.45) is 5.41 Å². The molecule has 1 aromatic carbocycles. The summed E-state index contributed by atoms with van der Waals surface area (Å²) in [5.41, 5.74) is 0.690. The van der Waals surface area contributed by atoms with E-state index in [0.29, 0.717) is 18.5 Å². The third-order valence-corrected chi connectivity index (χ3v) is 3.37. The molecule has 0 aliphatic rings. The van der Waals surface area contributed by atoms with Crippen LogP contribution in [0.1, 0.15) is 49.5 Å². The van der Waals surface area contributed by atoms with Gasteiger partial charge in [0.05, 0.1) is 12.2 Å². The van der Waals surface area contributed by atoms with E-state index in [1.165, 1.54) is 18.2 Å². The smallest absolute Gasteiger partial charge is 0.252 e. The summed E-state index contributed by atoms with van der Waals surface area (Å²) >= 11 is 0. The highest BCUT2D eigenvalue weighted by atomic mass is 19.1. The first kappa shape index (κ1) is 17.2. The fourth-order valence-electron chi connectivity index (χ4n) is 1.57. The topological polar surface area (TPSA) is 49.3 Å². The number of aliphatic hydroxyl groups excluding tert-OH is 1. The van der Waals surface area contributed by atoms with E-state index < -0.39 is 5.82 Å². The van der Waals surface area contributed by atoms with Crippen molar-refractivity contribution >= 4 is 5.91 Å². The van der Waals surface area contributed by atoms with Crippen LogP contribution >= 0.6 is 0 Å². The summed E-state index contributed by atoms with van der Waals surface area (Å²) in [7, 11) is 0. The second-order valence-electron chi connectivity index (χ2n) is 5.67. The van der Waals surface area contributed by atoms with E-state index >= 15 is 0 Å². The van der Waals surface area contributed by atoms with Gasteiger partial charge in [-0.3, -0.25) is 4.79 Å². The van der Waals surface area contributed by atoms with Crippen molar-refractivity contribution in [3.63, 3.8) is 0 Å². The van der Waals surface area contributed by atoms with Crippen molar-refractivity contribution in [1.29, 1.82) is 0 Å². The van der Waals surface area contributed by atoms with Crippen molar-refractivity contribution < 1.29 is 14.3 Å². The molecule has 0 heterocycles. The van der Waals surface area contributed by atoms with Crippen LogP contribution in [0.4, 0.5) is 4.39 Å². The molecule has 0 radical (unpaired) electrons. The molecule has 0 aliphatic carbocycles. The van der Waals surface area contributed by atoms with Crippen LogP contribution in [0.15, 0.2) is 18.2 Å². The van der Waals surface area contributed by atoms with Gasteiger partial charge in [0.1, 0.15) is 5.82 Å². The van der Waals surface area contributed by atoms with Crippen LogP contribution in [0, 0.1) is 23.1 Å². The summed E-state index contributed by atoms with van der Waals surface area (Å²) in [6.07, 6.45) is 1.25. The molecule has 0 saturated heterocycles. The summed E-state index contributed by atoms with van der Waals surface area (Å²) < 4.78 is 13.4. The monoisotopic (exact) mass is 291 g/mol. The number of hydrogen-bond donors (Lipinski definition) is 2. The second kappa shape index (κ2) is 7.80. The molecule has 2 N–H and O–H groups in total. The summed E-state index contributed by atoms with van der Waals surface area (Å²) in [6.45, 7) is 6.64. The number of halogens is 1. The SMILES string of the molecule is CCC(C)(C)CNC(=O)c1cc(F)ccc1C#CCCO. The fraction of sp³-hybridized carbons (Fsp3) is 0.471. The molecule has 0 saturated carbocycles. The molecule has 0 fully saturated rings. The molecule has 0 unspecified atom stereocenters. The largest absolute Gasteiger partial charge is 0.395 e. The zero-order valence-corrected chi connectivity index (χ0v) is 12.8. The van der Waals surface area contributed by atoms with Crippen LogP contribution < -0.4 is 5.32 Å². The number of carbonyl (C=O) groups excluding carboxylic acids is 1. The maximum atomic E-state index is 13.4. The van der Waals surface area contributed by atoms with Gasteiger partial charge in [-0.1, -0.05) is 32.6 Å². The Labute approximate surface area is 125 Å². The lowest BCUT2D eigenvalue weighted by Gasteiger charge is -2.23. The van der Waals surface area contributed by atoms with E-state index in [4.69, 9.17) is 5.11 Å². The molecule has 114 valence electrons. The quantitative estimate of drug-likeness (QED) is 0.820. The second-order valence-corrected chi connectivity index (χ2v) is 5.67. The number of rotatable bonds is 5. The molecule has 1 rings (SSSR count). The normalized spacial score (nSPS) is 10.7. The third-order valence-electron chi connectivity index (χ3n) is 3.37. The summed E-state index contributed by atoms with van der Waals surface area (Å²) in [4.78, 5) is 12.2. The fourth-order valence-corrected chi connectivity index (χ4v) is 1.57. The van der Waals surface area contributed by atoms with Gasteiger partial charge in [-0.05, 0) is 30.0 Å². The third kappa shape index (κ3) is 5.57. The van der Waals surface area contributed by atoms with E-state index in [9.17, 15) is 9.18 Å². The average Bonchev–Trinajstić information content (AvgIpc) is 2.46. The molecule has 3 nitrogen and oxygen atoms in total. The molecule has 0 atom stereocenters. The zero-order chi connectivity index (χ0) is 15.9. The minimum absolute atomic E-state index is 0.00822. The van der Waals surface area contributed by atoms with Crippen LogP contribution in [0.25, 0.3) is 0 Å². The standard InChI is InChI=1S/C17H22FNO2/c1-4-17(2,3)12-19-16(21)15-11-14(18)9-8-13(15)7-5-6-10-20/h8-9,11,20H,4,6,10,12H2,1-3H3,(H,19,21). The number of aliphatic hydroxyl groups is 1. The van der Waals surface area contributed by atoms with E-state index in [1.54, 1.807) is 0 Å². The van der Waals surface area contributed by atoms with Gasteiger partial charge in [0.15, 0.2) is 0 Å². The number of hydrogen-bond acceptors (Lipinski definition) is 2. The van der Waals surface area contributed by atoms with E-state index in [-0.39, 0.29) is 23.5 Å². The Kier molecular flexibility index (Phi) is 6.39. The first-order chi connectivity index (χ1) is 9.89. The molecular weight excluding hydrogens is 269 g/mol.